The predicted molar refractivity (Wildman–Crippen MR) is 254 cm³/mol. The maximum atomic E-state index is 6.13. The quantitative estimate of drug-likeness (QED) is 0.157. The third kappa shape index (κ3) is 6.34. The Hall–Kier alpha value is -8.34. The normalized spacial score (nSPS) is 11.8. The minimum absolute atomic E-state index is 0.471. The molecule has 0 atom stereocenters. The molecule has 0 aliphatic carbocycles. The van der Waals surface area contributed by atoms with E-state index in [1.807, 2.05) is 42.6 Å². The molecule has 11 aromatic rings. The Labute approximate surface area is 359 Å². The molecule has 0 radical (unpaired) electrons. The van der Waals surface area contributed by atoms with Crippen molar-refractivity contribution in [3.8, 4) is 90.0 Å². The number of aromatic nitrogens is 2. The Kier molecular flexibility index (Phi) is 8.46. The average molecular weight is 793 g/mol. The second-order valence-corrected chi connectivity index (χ2v) is 15.8. The largest absolute Gasteiger partial charge is 0.448 e. The van der Waals surface area contributed by atoms with Crippen molar-refractivity contribution < 1.29 is 9.47 Å². The van der Waals surface area contributed by atoms with Crippen molar-refractivity contribution in [2.75, 3.05) is 0 Å². The summed E-state index contributed by atoms with van der Waals surface area (Å²) >= 11 is 0. The molecule has 0 fully saturated rings. The molecule has 0 unspecified atom stereocenters. The number of ether oxygens (including phenoxy) is 2. The van der Waals surface area contributed by atoms with Gasteiger partial charge in [-0.25, -0.2) is 4.98 Å². The molecule has 0 spiro atoms. The molecular weight excluding hydrogens is 757 g/mol. The van der Waals surface area contributed by atoms with Gasteiger partial charge in [0.25, 0.3) is 5.88 Å². The number of nitrogens with zero attached hydrogens (tertiary/aromatic N) is 2. The average Bonchev–Trinajstić information content (AvgIpc) is 3.35. The minimum atomic E-state index is 0.471. The van der Waals surface area contributed by atoms with Crippen LogP contribution >= 0.6 is 0 Å². The van der Waals surface area contributed by atoms with Gasteiger partial charge in [0.15, 0.2) is 17.2 Å². The summed E-state index contributed by atoms with van der Waals surface area (Å²) in [7, 11) is 0. The molecule has 4 nitrogen and oxygen atoms in total. The summed E-state index contributed by atoms with van der Waals surface area (Å²) in [5.74, 6) is 2.41. The van der Waals surface area contributed by atoms with Crippen molar-refractivity contribution in [3.05, 3.63) is 219 Å². The summed E-state index contributed by atoms with van der Waals surface area (Å²) in [5.41, 5.74) is 13.3. The molecule has 0 N–H and O–H groups in total. The van der Waals surface area contributed by atoms with Crippen molar-refractivity contribution >= 4 is 32.3 Å². The van der Waals surface area contributed by atoms with Crippen molar-refractivity contribution in [2.45, 2.75) is 0 Å². The Morgan fingerprint density at radius 3 is 1.31 bits per heavy atom. The molecule has 0 amide bonds. The fourth-order valence-electron chi connectivity index (χ4n) is 8.97. The van der Waals surface area contributed by atoms with E-state index in [-0.39, 0.29) is 0 Å². The van der Waals surface area contributed by atoms with Crippen molar-refractivity contribution in [2.24, 2.45) is 0 Å². The number of fused-ring (bicyclic) bond motifs is 8. The van der Waals surface area contributed by atoms with Crippen LogP contribution in [0.2, 0.25) is 0 Å². The van der Waals surface area contributed by atoms with Crippen LogP contribution in [0.15, 0.2) is 219 Å². The summed E-state index contributed by atoms with van der Waals surface area (Å²) in [6.45, 7) is 0. The van der Waals surface area contributed by atoms with Gasteiger partial charge in [-0.3, -0.25) is 4.98 Å². The number of benzene rings is 9. The molecule has 3 heterocycles. The molecule has 1 aliphatic heterocycles. The highest BCUT2D eigenvalue weighted by Crippen LogP contribution is 2.46. The van der Waals surface area contributed by atoms with Crippen molar-refractivity contribution in [1.82, 2.24) is 9.97 Å². The van der Waals surface area contributed by atoms with Crippen LogP contribution in [0, 0.1) is 0 Å². The van der Waals surface area contributed by atoms with E-state index in [0.29, 0.717) is 23.1 Å². The molecular formula is C58H36N2O2. The second-order valence-electron chi connectivity index (χ2n) is 15.8. The third-order valence-electron chi connectivity index (χ3n) is 12.0. The van der Waals surface area contributed by atoms with E-state index in [1.165, 1.54) is 43.4 Å². The van der Waals surface area contributed by atoms with Gasteiger partial charge in [0.1, 0.15) is 0 Å². The van der Waals surface area contributed by atoms with Crippen LogP contribution in [0.25, 0.3) is 99.2 Å². The van der Waals surface area contributed by atoms with Gasteiger partial charge in [-0.1, -0.05) is 127 Å². The highest BCUT2D eigenvalue weighted by Gasteiger charge is 2.20. The zero-order valence-corrected chi connectivity index (χ0v) is 33.5. The first-order valence-corrected chi connectivity index (χ1v) is 20.9. The van der Waals surface area contributed by atoms with Gasteiger partial charge < -0.3 is 9.47 Å². The molecule has 2 aromatic heterocycles. The van der Waals surface area contributed by atoms with Crippen LogP contribution in [-0.4, -0.2) is 9.97 Å². The van der Waals surface area contributed by atoms with Gasteiger partial charge in [-0.05, 0) is 167 Å². The monoisotopic (exact) mass is 792 g/mol. The maximum Gasteiger partial charge on any atom is 0.263 e. The van der Waals surface area contributed by atoms with Gasteiger partial charge in [0, 0.05) is 18.0 Å². The summed E-state index contributed by atoms with van der Waals surface area (Å²) in [4.78, 5) is 9.12. The highest BCUT2D eigenvalue weighted by atomic mass is 16.6. The smallest absolute Gasteiger partial charge is 0.263 e. The maximum absolute atomic E-state index is 6.13. The van der Waals surface area contributed by atoms with E-state index in [4.69, 9.17) is 14.5 Å². The minimum Gasteiger partial charge on any atom is -0.448 e. The lowest BCUT2D eigenvalue weighted by atomic mass is 9.90. The fraction of sp³-hybridized carbons (Fsp3) is 0. The molecule has 0 saturated carbocycles. The van der Waals surface area contributed by atoms with Crippen LogP contribution < -0.4 is 9.47 Å². The first-order valence-electron chi connectivity index (χ1n) is 20.9. The highest BCUT2D eigenvalue weighted by molar-refractivity contribution is 6.25. The van der Waals surface area contributed by atoms with Crippen LogP contribution in [0.4, 0.5) is 0 Å². The van der Waals surface area contributed by atoms with Crippen LogP contribution in [-0.2, 0) is 0 Å². The van der Waals surface area contributed by atoms with Gasteiger partial charge in [-0.2, -0.15) is 0 Å². The summed E-state index contributed by atoms with van der Waals surface area (Å²) < 4.78 is 12.2. The van der Waals surface area contributed by atoms with Gasteiger partial charge >= 0.3 is 0 Å². The Morgan fingerprint density at radius 2 is 0.710 bits per heavy atom. The van der Waals surface area contributed by atoms with E-state index < -0.39 is 0 Å². The Morgan fingerprint density at radius 1 is 0.242 bits per heavy atom. The molecule has 0 saturated heterocycles. The SMILES string of the molecule is c1ccc(-c2cc(-c3cccc(-c4cccc(-c5ccc6c(c5)Oc5ncccc5O6)c4)c3)cc(-c3cccc(-c4ccc5c6ccccc6c6ccccc6c5c4)c3)c2)nc1. The lowest BCUT2D eigenvalue weighted by molar-refractivity contribution is 0.348. The van der Waals surface area contributed by atoms with Crippen LogP contribution in [0.1, 0.15) is 0 Å². The summed E-state index contributed by atoms with van der Waals surface area (Å²) in [5, 5.41) is 7.66. The van der Waals surface area contributed by atoms with E-state index >= 15 is 0 Å². The zero-order chi connectivity index (χ0) is 41.0. The Balaban J connectivity index is 0.918. The second kappa shape index (κ2) is 14.7. The summed E-state index contributed by atoms with van der Waals surface area (Å²) in [6, 6.07) is 73.5. The topological polar surface area (TPSA) is 44.2 Å². The standard InChI is InChI=1S/C58H36N2O2/c1-2-19-50-48(17-1)49-18-3-4-20-51(49)53-35-43(23-25-52(50)53)39-13-9-16-42(31-39)46-32-45(33-47(34-46)54-21-5-6-27-59-54)41-15-8-12-38(30-41)37-11-7-14-40(29-37)44-24-26-55-57(36-44)62-58-56(61-55)22-10-28-60-58/h1-36H. The molecule has 1 aliphatic rings. The number of pyridine rings is 2. The van der Waals surface area contributed by atoms with Gasteiger partial charge in [-0.15, -0.1) is 0 Å². The van der Waals surface area contributed by atoms with E-state index in [2.05, 4.69) is 175 Å². The number of rotatable bonds is 6. The van der Waals surface area contributed by atoms with Crippen LogP contribution in [0.5, 0.6) is 23.1 Å². The first-order chi connectivity index (χ1) is 30.7. The molecule has 12 rings (SSSR count). The zero-order valence-electron chi connectivity index (χ0n) is 33.5. The fourth-order valence-corrected chi connectivity index (χ4v) is 8.97. The lowest BCUT2D eigenvalue weighted by Gasteiger charge is -2.20. The molecule has 4 heteroatoms. The molecule has 0 bridgehead atoms. The van der Waals surface area contributed by atoms with Gasteiger partial charge in [0.2, 0.25) is 0 Å². The van der Waals surface area contributed by atoms with Crippen LogP contribution in [0.3, 0.4) is 0 Å². The van der Waals surface area contributed by atoms with Gasteiger partial charge in [0.05, 0.1) is 5.69 Å². The lowest BCUT2D eigenvalue weighted by Crippen LogP contribution is -2.00. The third-order valence-corrected chi connectivity index (χ3v) is 12.0. The molecule has 62 heavy (non-hydrogen) atoms. The number of hydrogen-bond acceptors (Lipinski definition) is 4. The number of hydrogen-bond donors (Lipinski definition) is 0. The van der Waals surface area contributed by atoms with Crippen molar-refractivity contribution in [1.29, 1.82) is 0 Å². The molecule has 290 valence electrons. The first kappa shape index (κ1) is 35.6. The predicted octanol–water partition coefficient (Wildman–Crippen LogP) is 15.8. The summed E-state index contributed by atoms with van der Waals surface area (Å²) in [6.07, 6.45) is 3.57. The molecule has 9 aromatic carbocycles. The Bertz CT molecular complexity index is 3510. The van der Waals surface area contributed by atoms with E-state index in [1.54, 1.807) is 6.20 Å². The van der Waals surface area contributed by atoms with E-state index in [9.17, 15) is 0 Å². The van der Waals surface area contributed by atoms with Crippen molar-refractivity contribution in [3.63, 3.8) is 0 Å². The van der Waals surface area contributed by atoms with E-state index in [0.717, 1.165) is 55.8 Å².